The first-order valence-electron chi connectivity index (χ1n) is 4.96. The number of ether oxygens (including phenoxy) is 1. The summed E-state index contributed by atoms with van der Waals surface area (Å²) in [5.74, 6) is -1.87. The lowest BCUT2D eigenvalue weighted by atomic mass is 10.1. The lowest BCUT2D eigenvalue weighted by Crippen LogP contribution is -2.11. The summed E-state index contributed by atoms with van der Waals surface area (Å²) in [7, 11) is 0. The molecule has 0 amide bonds. The number of alkyl halides is 3. The highest BCUT2D eigenvalue weighted by Crippen LogP contribution is 2.36. The Hall–Kier alpha value is -1.30. The number of carbonyl (C=O) groups excluding carboxylic acids is 1. The van der Waals surface area contributed by atoms with Gasteiger partial charge in [0.05, 0.1) is 23.6 Å². The molecule has 0 N–H and O–H groups in total. The Bertz CT molecular complexity index is 457. The van der Waals surface area contributed by atoms with Gasteiger partial charge in [-0.2, -0.15) is 13.2 Å². The second-order valence-corrected chi connectivity index (χ2v) is 3.81. The molecule has 0 aliphatic rings. The summed E-state index contributed by atoms with van der Waals surface area (Å²) in [6.07, 6.45) is -5.20. The van der Waals surface area contributed by atoms with Crippen LogP contribution in [0.5, 0.6) is 0 Å². The van der Waals surface area contributed by atoms with Crippen molar-refractivity contribution >= 4 is 17.6 Å². The van der Waals surface area contributed by atoms with Crippen LogP contribution in [0.3, 0.4) is 0 Å². The fraction of sp³-hybridized carbons (Fsp3) is 0.364. The minimum Gasteiger partial charge on any atom is -0.466 e. The highest BCUT2D eigenvalue weighted by molar-refractivity contribution is 6.31. The second-order valence-electron chi connectivity index (χ2n) is 3.40. The van der Waals surface area contributed by atoms with Crippen LogP contribution in [0.2, 0.25) is 5.02 Å². The van der Waals surface area contributed by atoms with Crippen molar-refractivity contribution in [1.29, 1.82) is 0 Å². The molecule has 0 aliphatic carbocycles. The average molecular weight is 285 g/mol. The van der Waals surface area contributed by atoms with Crippen LogP contribution in [0.25, 0.3) is 0 Å². The van der Waals surface area contributed by atoms with Gasteiger partial charge < -0.3 is 4.74 Å². The number of hydrogen-bond donors (Lipinski definition) is 0. The highest BCUT2D eigenvalue weighted by Gasteiger charge is 2.34. The van der Waals surface area contributed by atoms with Crippen LogP contribution < -0.4 is 0 Å². The van der Waals surface area contributed by atoms with Gasteiger partial charge >= 0.3 is 12.1 Å². The van der Waals surface area contributed by atoms with E-state index in [1.807, 2.05) is 0 Å². The van der Waals surface area contributed by atoms with Crippen molar-refractivity contribution in [2.24, 2.45) is 0 Å². The van der Waals surface area contributed by atoms with E-state index in [1.54, 1.807) is 6.92 Å². The zero-order valence-electron chi connectivity index (χ0n) is 9.28. The third-order valence-corrected chi connectivity index (χ3v) is 2.39. The Morgan fingerprint density at radius 2 is 2.00 bits per heavy atom. The smallest absolute Gasteiger partial charge is 0.417 e. The molecule has 1 aromatic rings. The van der Waals surface area contributed by atoms with E-state index in [1.165, 1.54) is 0 Å². The largest absolute Gasteiger partial charge is 0.466 e. The quantitative estimate of drug-likeness (QED) is 0.626. The van der Waals surface area contributed by atoms with Crippen LogP contribution >= 0.6 is 11.6 Å². The van der Waals surface area contributed by atoms with E-state index in [0.29, 0.717) is 0 Å². The van der Waals surface area contributed by atoms with Crippen molar-refractivity contribution in [3.05, 3.63) is 34.1 Å². The van der Waals surface area contributed by atoms with Crippen LogP contribution in [0.4, 0.5) is 17.6 Å². The lowest BCUT2D eigenvalue weighted by molar-refractivity contribution is -0.142. The van der Waals surface area contributed by atoms with Crippen molar-refractivity contribution in [3.63, 3.8) is 0 Å². The van der Waals surface area contributed by atoms with E-state index in [0.717, 1.165) is 6.07 Å². The molecule has 0 unspecified atom stereocenters. The van der Waals surface area contributed by atoms with Gasteiger partial charge in [-0.25, -0.2) is 4.39 Å². The summed E-state index contributed by atoms with van der Waals surface area (Å²) < 4.78 is 55.2. The maximum atomic E-state index is 13.4. The van der Waals surface area contributed by atoms with Crippen LogP contribution in [0.15, 0.2) is 12.1 Å². The average Bonchev–Trinajstić information content (AvgIpc) is 2.21. The SMILES string of the molecule is CCOC(=O)Cc1cc(Cl)c(C(F)(F)F)cc1F. The van der Waals surface area contributed by atoms with Gasteiger partial charge in [0.1, 0.15) is 5.82 Å². The van der Waals surface area contributed by atoms with Gasteiger partial charge in [-0.05, 0) is 19.1 Å². The predicted molar refractivity (Wildman–Crippen MR) is 56.7 cm³/mol. The molecule has 0 radical (unpaired) electrons. The molecule has 0 fully saturated rings. The van der Waals surface area contributed by atoms with Gasteiger partial charge in [0.15, 0.2) is 0 Å². The first-order chi connectivity index (χ1) is 8.25. The maximum absolute atomic E-state index is 13.4. The predicted octanol–water partition coefficient (Wildman–Crippen LogP) is 3.60. The molecule has 0 spiro atoms. The first-order valence-corrected chi connectivity index (χ1v) is 5.34. The molecule has 0 aromatic heterocycles. The molecular weight excluding hydrogens is 276 g/mol. The van der Waals surface area contributed by atoms with Crippen LogP contribution in [0, 0.1) is 5.82 Å². The van der Waals surface area contributed by atoms with E-state index in [2.05, 4.69) is 4.74 Å². The van der Waals surface area contributed by atoms with Crippen LogP contribution in [0.1, 0.15) is 18.1 Å². The zero-order valence-corrected chi connectivity index (χ0v) is 10.0. The third-order valence-electron chi connectivity index (χ3n) is 2.08. The van der Waals surface area contributed by atoms with E-state index < -0.39 is 35.0 Å². The number of hydrogen-bond acceptors (Lipinski definition) is 2. The molecule has 0 atom stereocenters. The lowest BCUT2D eigenvalue weighted by Gasteiger charge is -2.11. The molecule has 1 aromatic carbocycles. The third kappa shape index (κ3) is 3.60. The van der Waals surface area contributed by atoms with Crippen molar-refractivity contribution < 1.29 is 27.1 Å². The molecule has 0 saturated carbocycles. The number of esters is 1. The normalized spacial score (nSPS) is 11.4. The number of benzene rings is 1. The Morgan fingerprint density at radius 1 is 1.39 bits per heavy atom. The molecule has 100 valence electrons. The van der Waals surface area contributed by atoms with E-state index in [9.17, 15) is 22.4 Å². The minimum atomic E-state index is -4.74. The minimum absolute atomic E-state index is 0.106. The van der Waals surface area contributed by atoms with E-state index in [-0.39, 0.29) is 18.2 Å². The fourth-order valence-electron chi connectivity index (χ4n) is 1.31. The van der Waals surface area contributed by atoms with Crippen molar-refractivity contribution in [2.75, 3.05) is 6.61 Å². The molecule has 7 heteroatoms. The van der Waals surface area contributed by atoms with Gasteiger partial charge in [-0.1, -0.05) is 11.6 Å². The highest BCUT2D eigenvalue weighted by atomic mass is 35.5. The number of rotatable bonds is 3. The van der Waals surface area contributed by atoms with Crippen molar-refractivity contribution in [1.82, 2.24) is 0 Å². The van der Waals surface area contributed by atoms with Gasteiger partial charge in [0, 0.05) is 5.56 Å². The van der Waals surface area contributed by atoms with Gasteiger partial charge in [-0.15, -0.1) is 0 Å². The first kappa shape index (κ1) is 14.8. The van der Waals surface area contributed by atoms with Gasteiger partial charge in [0.2, 0.25) is 0 Å². The maximum Gasteiger partial charge on any atom is 0.417 e. The Kier molecular flexibility index (Phi) is 4.56. The molecule has 18 heavy (non-hydrogen) atoms. The Balaban J connectivity index is 3.04. The van der Waals surface area contributed by atoms with Crippen LogP contribution in [-0.4, -0.2) is 12.6 Å². The van der Waals surface area contributed by atoms with E-state index >= 15 is 0 Å². The van der Waals surface area contributed by atoms with Crippen LogP contribution in [-0.2, 0) is 22.1 Å². The summed E-state index contributed by atoms with van der Waals surface area (Å²) in [6, 6.07) is 1.06. The van der Waals surface area contributed by atoms with Gasteiger partial charge in [-0.3, -0.25) is 4.79 Å². The number of halogens is 5. The Morgan fingerprint density at radius 3 is 2.50 bits per heavy atom. The molecule has 1 rings (SSSR count). The Labute approximate surface area is 105 Å². The topological polar surface area (TPSA) is 26.3 Å². The fourth-order valence-corrected chi connectivity index (χ4v) is 1.60. The van der Waals surface area contributed by atoms with Crippen molar-refractivity contribution in [3.8, 4) is 0 Å². The monoisotopic (exact) mass is 284 g/mol. The summed E-state index contributed by atoms with van der Waals surface area (Å²) in [6.45, 7) is 1.67. The summed E-state index contributed by atoms with van der Waals surface area (Å²) in [5.41, 5.74) is -1.50. The zero-order chi connectivity index (χ0) is 13.9. The molecule has 0 aliphatic heterocycles. The van der Waals surface area contributed by atoms with E-state index in [4.69, 9.17) is 11.6 Å². The molecule has 0 heterocycles. The molecule has 0 saturated heterocycles. The summed E-state index contributed by atoms with van der Waals surface area (Å²) in [4.78, 5) is 11.1. The van der Waals surface area contributed by atoms with Gasteiger partial charge in [0.25, 0.3) is 0 Å². The standard InChI is InChI=1S/C11H9ClF4O2/c1-2-18-10(17)4-6-3-8(12)7(5-9(6)13)11(14,15)16/h3,5H,2,4H2,1H3. The summed E-state index contributed by atoms with van der Waals surface area (Å²) >= 11 is 5.41. The van der Waals surface area contributed by atoms with Crippen molar-refractivity contribution in [2.45, 2.75) is 19.5 Å². The molecule has 0 bridgehead atoms. The molecular formula is C11H9ClF4O2. The second kappa shape index (κ2) is 5.56. The molecule has 2 nitrogen and oxygen atoms in total. The number of carbonyl (C=O) groups is 1. The summed E-state index contributed by atoms with van der Waals surface area (Å²) in [5, 5.41) is -0.650.